The van der Waals surface area contributed by atoms with Crippen molar-refractivity contribution >= 4 is 11.6 Å². The van der Waals surface area contributed by atoms with Gasteiger partial charge in [-0.2, -0.15) is 13.2 Å². The second kappa shape index (κ2) is 8.92. The van der Waals surface area contributed by atoms with Gasteiger partial charge in [-0.05, 0) is 36.2 Å². The molecule has 3 nitrogen and oxygen atoms in total. The molecule has 0 spiro atoms. The zero-order chi connectivity index (χ0) is 20.9. The Morgan fingerprint density at radius 3 is 2.00 bits per heavy atom. The van der Waals surface area contributed by atoms with E-state index in [0.717, 1.165) is 23.3 Å². The van der Waals surface area contributed by atoms with Gasteiger partial charge < -0.3 is 5.32 Å². The van der Waals surface area contributed by atoms with Crippen molar-refractivity contribution in [2.45, 2.75) is 25.2 Å². The van der Waals surface area contributed by atoms with Crippen molar-refractivity contribution in [1.82, 2.24) is 5.32 Å². The Bertz CT molecular complexity index is 943. The highest BCUT2D eigenvalue weighted by Crippen LogP contribution is 2.31. The van der Waals surface area contributed by atoms with Gasteiger partial charge in [0.25, 0.3) is 0 Å². The SMILES string of the molecule is C[C@@H](N[C@H](C(=O)Nc1cccc(C(F)(F)F)c1)c1ccccc1)c1ccccc1. The Balaban J connectivity index is 1.84. The molecule has 3 aromatic rings. The van der Waals surface area contributed by atoms with E-state index in [2.05, 4.69) is 10.6 Å². The number of carbonyl (C=O) groups is 1. The van der Waals surface area contributed by atoms with Crippen LogP contribution in [0.5, 0.6) is 0 Å². The normalized spacial score (nSPS) is 13.5. The molecule has 0 aromatic heterocycles. The van der Waals surface area contributed by atoms with Crippen molar-refractivity contribution in [3.8, 4) is 0 Å². The molecule has 2 N–H and O–H groups in total. The fraction of sp³-hybridized carbons (Fsp3) is 0.174. The number of benzene rings is 3. The summed E-state index contributed by atoms with van der Waals surface area (Å²) in [4.78, 5) is 13.0. The van der Waals surface area contributed by atoms with Gasteiger partial charge in [-0.1, -0.05) is 66.7 Å². The van der Waals surface area contributed by atoms with E-state index in [1.807, 2.05) is 55.5 Å². The summed E-state index contributed by atoms with van der Waals surface area (Å²) >= 11 is 0. The molecule has 0 aliphatic heterocycles. The van der Waals surface area contributed by atoms with Crippen molar-refractivity contribution in [3.05, 3.63) is 102 Å². The Morgan fingerprint density at radius 1 is 0.828 bits per heavy atom. The molecule has 3 rings (SSSR count). The number of carbonyl (C=O) groups excluding carboxylic acids is 1. The summed E-state index contributed by atoms with van der Waals surface area (Å²) in [7, 11) is 0. The van der Waals surface area contributed by atoms with Crippen LogP contribution in [0.3, 0.4) is 0 Å². The third-order valence-corrected chi connectivity index (χ3v) is 4.57. The molecule has 0 saturated carbocycles. The highest BCUT2D eigenvalue weighted by Gasteiger charge is 2.31. The van der Waals surface area contributed by atoms with Crippen LogP contribution < -0.4 is 10.6 Å². The topological polar surface area (TPSA) is 41.1 Å². The third kappa shape index (κ3) is 5.45. The zero-order valence-corrected chi connectivity index (χ0v) is 15.8. The van der Waals surface area contributed by atoms with E-state index in [1.54, 1.807) is 12.1 Å². The van der Waals surface area contributed by atoms with E-state index in [9.17, 15) is 18.0 Å². The average molecular weight is 398 g/mol. The van der Waals surface area contributed by atoms with Gasteiger partial charge in [0.15, 0.2) is 0 Å². The standard InChI is InChI=1S/C23H21F3N2O/c1-16(17-9-4-2-5-10-17)27-21(18-11-6-3-7-12-18)22(29)28-20-14-8-13-19(15-20)23(24,25)26/h2-16,21,27H,1H3,(H,28,29)/t16-,21+/m1/s1. The molecule has 0 saturated heterocycles. The second-order valence-corrected chi connectivity index (χ2v) is 6.71. The largest absolute Gasteiger partial charge is 0.416 e. The van der Waals surface area contributed by atoms with E-state index in [4.69, 9.17) is 0 Å². The maximum absolute atomic E-state index is 13.0. The first kappa shape index (κ1) is 20.6. The summed E-state index contributed by atoms with van der Waals surface area (Å²) in [5, 5.41) is 5.89. The molecule has 0 aliphatic rings. The molecule has 0 heterocycles. The predicted octanol–water partition coefficient (Wildman–Crippen LogP) is 5.74. The molecule has 150 valence electrons. The Labute approximate surface area is 167 Å². The maximum atomic E-state index is 13.0. The molecule has 0 unspecified atom stereocenters. The summed E-state index contributed by atoms with van der Waals surface area (Å²) in [6.07, 6.45) is -4.47. The van der Waals surface area contributed by atoms with E-state index in [0.29, 0.717) is 0 Å². The minimum atomic E-state index is -4.47. The number of rotatable bonds is 6. The van der Waals surface area contributed by atoms with Gasteiger partial charge in [0.2, 0.25) is 5.91 Å². The summed E-state index contributed by atoms with van der Waals surface area (Å²) < 4.78 is 38.9. The van der Waals surface area contributed by atoms with Gasteiger partial charge in [0.1, 0.15) is 6.04 Å². The lowest BCUT2D eigenvalue weighted by atomic mass is 10.0. The van der Waals surface area contributed by atoms with Crippen LogP contribution in [0, 0.1) is 0 Å². The van der Waals surface area contributed by atoms with E-state index in [1.165, 1.54) is 12.1 Å². The summed E-state index contributed by atoms with van der Waals surface area (Å²) in [6, 6.07) is 22.4. The van der Waals surface area contributed by atoms with Crippen LogP contribution in [-0.2, 0) is 11.0 Å². The number of anilines is 1. The van der Waals surface area contributed by atoms with Crippen molar-refractivity contribution in [1.29, 1.82) is 0 Å². The van der Waals surface area contributed by atoms with Crippen molar-refractivity contribution in [2.24, 2.45) is 0 Å². The van der Waals surface area contributed by atoms with Crippen LogP contribution in [-0.4, -0.2) is 5.91 Å². The predicted molar refractivity (Wildman–Crippen MR) is 107 cm³/mol. The first-order valence-corrected chi connectivity index (χ1v) is 9.18. The van der Waals surface area contributed by atoms with Gasteiger partial charge in [-0.15, -0.1) is 0 Å². The Kier molecular flexibility index (Phi) is 6.34. The molecule has 0 aliphatic carbocycles. The molecule has 6 heteroatoms. The van der Waals surface area contributed by atoms with Gasteiger partial charge >= 0.3 is 6.18 Å². The number of amides is 1. The highest BCUT2D eigenvalue weighted by molar-refractivity contribution is 5.95. The molecule has 3 aromatic carbocycles. The summed E-state index contributed by atoms with van der Waals surface area (Å²) in [6.45, 7) is 1.93. The second-order valence-electron chi connectivity index (χ2n) is 6.71. The van der Waals surface area contributed by atoms with Crippen molar-refractivity contribution in [2.75, 3.05) is 5.32 Å². The summed E-state index contributed by atoms with van der Waals surface area (Å²) in [5.41, 5.74) is 1.01. The van der Waals surface area contributed by atoms with Crippen LogP contribution >= 0.6 is 0 Å². The maximum Gasteiger partial charge on any atom is 0.416 e. The molecule has 29 heavy (non-hydrogen) atoms. The fourth-order valence-corrected chi connectivity index (χ4v) is 3.04. The zero-order valence-electron chi connectivity index (χ0n) is 15.8. The number of nitrogens with one attached hydrogen (secondary N) is 2. The molecule has 0 radical (unpaired) electrons. The van der Waals surface area contributed by atoms with E-state index >= 15 is 0 Å². The Hall–Kier alpha value is -3.12. The Morgan fingerprint density at radius 2 is 1.41 bits per heavy atom. The fourth-order valence-electron chi connectivity index (χ4n) is 3.04. The number of alkyl halides is 3. The molecular weight excluding hydrogens is 377 g/mol. The number of halogens is 3. The van der Waals surface area contributed by atoms with Crippen LogP contribution in [0.1, 0.15) is 35.7 Å². The van der Waals surface area contributed by atoms with Crippen LogP contribution in [0.25, 0.3) is 0 Å². The number of hydrogen-bond acceptors (Lipinski definition) is 2. The number of hydrogen-bond donors (Lipinski definition) is 2. The average Bonchev–Trinajstić information content (AvgIpc) is 2.72. The van der Waals surface area contributed by atoms with E-state index < -0.39 is 23.7 Å². The van der Waals surface area contributed by atoms with Crippen molar-refractivity contribution in [3.63, 3.8) is 0 Å². The highest BCUT2D eigenvalue weighted by atomic mass is 19.4. The third-order valence-electron chi connectivity index (χ3n) is 4.57. The van der Waals surface area contributed by atoms with Crippen LogP contribution in [0.15, 0.2) is 84.9 Å². The van der Waals surface area contributed by atoms with Gasteiger partial charge in [-0.3, -0.25) is 10.1 Å². The monoisotopic (exact) mass is 398 g/mol. The lowest BCUT2D eigenvalue weighted by Gasteiger charge is -2.24. The van der Waals surface area contributed by atoms with Crippen LogP contribution in [0.2, 0.25) is 0 Å². The molecular formula is C23H21F3N2O. The quantitative estimate of drug-likeness (QED) is 0.556. The van der Waals surface area contributed by atoms with Crippen molar-refractivity contribution < 1.29 is 18.0 Å². The lowest BCUT2D eigenvalue weighted by molar-refractivity contribution is -0.137. The van der Waals surface area contributed by atoms with Gasteiger partial charge in [-0.25, -0.2) is 0 Å². The molecule has 0 bridgehead atoms. The minimum absolute atomic E-state index is 0.0971. The van der Waals surface area contributed by atoms with Crippen LogP contribution in [0.4, 0.5) is 18.9 Å². The molecule has 0 fully saturated rings. The van der Waals surface area contributed by atoms with Gasteiger partial charge in [0, 0.05) is 11.7 Å². The smallest absolute Gasteiger partial charge is 0.324 e. The molecule has 1 amide bonds. The van der Waals surface area contributed by atoms with E-state index in [-0.39, 0.29) is 11.7 Å². The first-order valence-electron chi connectivity index (χ1n) is 9.18. The lowest BCUT2D eigenvalue weighted by Crippen LogP contribution is -2.34. The summed E-state index contributed by atoms with van der Waals surface area (Å²) in [5.74, 6) is -0.432. The van der Waals surface area contributed by atoms with Gasteiger partial charge in [0.05, 0.1) is 5.56 Å². The molecule has 2 atom stereocenters. The first-order chi connectivity index (χ1) is 13.8. The minimum Gasteiger partial charge on any atom is -0.324 e.